The minimum Gasteiger partial charge on any atom is -0.399 e. The van der Waals surface area contributed by atoms with E-state index in [-0.39, 0.29) is 0 Å². The molecule has 0 saturated carbocycles. The molecule has 3 nitrogen and oxygen atoms in total. The SMILES string of the molecule is Cc1cccc(Nc2ccc(N)cc2N)c1C. The van der Waals surface area contributed by atoms with Gasteiger partial charge in [-0.05, 0) is 49.2 Å². The van der Waals surface area contributed by atoms with Crippen molar-refractivity contribution < 1.29 is 0 Å². The average Bonchev–Trinajstić information content (AvgIpc) is 2.28. The van der Waals surface area contributed by atoms with Crippen molar-refractivity contribution in [3.05, 3.63) is 47.5 Å². The third-order valence-corrected chi connectivity index (χ3v) is 2.95. The van der Waals surface area contributed by atoms with Crippen molar-refractivity contribution >= 4 is 22.7 Å². The monoisotopic (exact) mass is 227 g/mol. The molecular weight excluding hydrogens is 210 g/mol. The van der Waals surface area contributed by atoms with Crippen molar-refractivity contribution in [2.45, 2.75) is 13.8 Å². The van der Waals surface area contributed by atoms with Gasteiger partial charge in [-0.25, -0.2) is 0 Å². The van der Waals surface area contributed by atoms with E-state index in [1.54, 1.807) is 6.07 Å². The smallest absolute Gasteiger partial charge is 0.0619 e. The lowest BCUT2D eigenvalue weighted by molar-refractivity contribution is 1.33. The maximum absolute atomic E-state index is 5.91. The lowest BCUT2D eigenvalue weighted by Gasteiger charge is -2.13. The zero-order valence-corrected chi connectivity index (χ0v) is 10.1. The second kappa shape index (κ2) is 4.37. The molecular formula is C14H17N3. The Morgan fingerprint density at radius 1 is 0.941 bits per heavy atom. The summed E-state index contributed by atoms with van der Waals surface area (Å²) in [7, 11) is 0. The summed E-state index contributed by atoms with van der Waals surface area (Å²) in [6, 6.07) is 11.6. The summed E-state index contributed by atoms with van der Waals surface area (Å²) in [5.41, 5.74) is 17.3. The summed E-state index contributed by atoms with van der Waals surface area (Å²) in [6.07, 6.45) is 0. The van der Waals surface area contributed by atoms with Crippen LogP contribution in [-0.4, -0.2) is 0 Å². The molecule has 2 aromatic rings. The van der Waals surface area contributed by atoms with Gasteiger partial charge in [-0.2, -0.15) is 0 Å². The molecule has 0 aliphatic rings. The summed E-state index contributed by atoms with van der Waals surface area (Å²) in [5, 5.41) is 3.33. The van der Waals surface area contributed by atoms with E-state index in [9.17, 15) is 0 Å². The topological polar surface area (TPSA) is 64.1 Å². The fourth-order valence-electron chi connectivity index (χ4n) is 1.73. The van der Waals surface area contributed by atoms with Crippen LogP contribution in [0.15, 0.2) is 36.4 Å². The molecule has 3 heteroatoms. The molecule has 5 N–H and O–H groups in total. The van der Waals surface area contributed by atoms with Crippen molar-refractivity contribution in [1.29, 1.82) is 0 Å². The molecule has 0 aliphatic carbocycles. The summed E-state index contributed by atoms with van der Waals surface area (Å²) in [6.45, 7) is 4.18. The van der Waals surface area contributed by atoms with Crippen LogP contribution in [0.2, 0.25) is 0 Å². The fourth-order valence-corrected chi connectivity index (χ4v) is 1.73. The Balaban J connectivity index is 2.35. The van der Waals surface area contributed by atoms with E-state index in [4.69, 9.17) is 11.5 Å². The molecule has 0 aromatic heterocycles. The number of anilines is 4. The number of nitrogen functional groups attached to an aromatic ring is 2. The summed E-state index contributed by atoms with van der Waals surface area (Å²) in [5.74, 6) is 0. The Morgan fingerprint density at radius 2 is 1.71 bits per heavy atom. The number of hydrogen-bond donors (Lipinski definition) is 3. The Bertz CT molecular complexity index is 547. The summed E-state index contributed by atoms with van der Waals surface area (Å²) in [4.78, 5) is 0. The van der Waals surface area contributed by atoms with Crippen LogP contribution in [0.4, 0.5) is 22.7 Å². The highest BCUT2D eigenvalue weighted by molar-refractivity contribution is 5.76. The molecule has 0 saturated heterocycles. The number of aryl methyl sites for hydroxylation is 1. The maximum atomic E-state index is 5.91. The molecule has 0 heterocycles. The predicted octanol–water partition coefficient (Wildman–Crippen LogP) is 3.21. The van der Waals surface area contributed by atoms with Crippen LogP contribution < -0.4 is 16.8 Å². The second-order valence-corrected chi connectivity index (χ2v) is 4.22. The first kappa shape index (κ1) is 11.3. The Hall–Kier alpha value is -2.16. The highest BCUT2D eigenvalue weighted by Crippen LogP contribution is 2.27. The molecule has 0 amide bonds. The first-order valence-corrected chi connectivity index (χ1v) is 5.56. The van der Waals surface area contributed by atoms with Gasteiger partial charge < -0.3 is 16.8 Å². The van der Waals surface area contributed by atoms with Crippen LogP contribution in [0.3, 0.4) is 0 Å². The van der Waals surface area contributed by atoms with E-state index in [0.29, 0.717) is 11.4 Å². The standard InChI is InChI=1S/C14H17N3/c1-9-4-3-5-13(10(9)2)17-14-7-6-11(15)8-12(14)16/h3-8,17H,15-16H2,1-2H3. The van der Waals surface area contributed by atoms with E-state index in [1.807, 2.05) is 24.3 Å². The highest BCUT2D eigenvalue weighted by atomic mass is 14.9. The van der Waals surface area contributed by atoms with Gasteiger partial charge in [-0.3, -0.25) is 0 Å². The normalized spacial score (nSPS) is 10.2. The third-order valence-electron chi connectivity index (χ3n) is 2.95. The minimum absolute atomic E-state index is 0.658. The van der Waals surface area contributed by atoms with Gasteiger partial charge in [0.1, 0.15) is 0 Å². The Kier molecular flexibility index (Phi) is 2.91. The Labute approximate surface area is 101 Å². The van der Waals surface area contributed by atoms with Gasteiger partial charge in [-0.15, -0.1) is 0 Å². The van der Waals surface area contributed by atoms with Gasteiger partial charge in [0.05, 0.1) is 11.4 Å². The molecule has 2 aromatic carbocycles. The van der Waals surface area contributed by atoms with Crippen molar-refractivity contribution in [2.24, 2.45) is 0 Å². The van der Waals surface area contributed by atoms with Crippen LogP contribution in [0.25, 0.3) is 0 Å². The van der Waals surface area contributed by atoms with Crippen LogP contribution in [0.1, 0.15) is 11.1 Å². The Morgan fingerprint density at radius 3 is 2.41 bits per heavy atom. The number of nitrogens with one attached hydrogen (secondary N) is 1. The number of nitrogens with two attached hydrogens (primary N) is 2. The molecule has 88 valence electrons. The van der Waals surface area contributed by atoms with Gasteiger partial charge in [-0.1, -0.05) is 12.1 Å². The average molecular weight is 227 g/mol. The van der Waals surface area contributed by atoms with Crippen LogP contribution in [0, 0.1) is 13.8 Å². The van der Waals surface area contributed by atoms with Gasteiger partial charge in [0.2, 0.25) is 0 Å². The molecule has 0 radical (unpaired) electrons. The second-order valence-electron chi connectivity index (χ2n) is 4.22. The fraction of sp³-hybridized carbons (Fsp3) is 0.143. The van der Waals surface area contributed by atoms with Gasteiger partial charge in [0.25, 0.3) is 0 Å². The van der Waals surface area contributed by atoms with Crippen molar-refractivity contribution in [3.63, 3.8) is 0 Å². The summed E-state index contributed by atoms with van der Waals surface area (Å²) >= 11 is 0. The zero-order chi connectivity index (χ0) is 12.4. The minimum atomic E-state index is 0.658. The number of rotatable bonds is 2. The van der Waals surface area contributed by atoms with Gasteiger partial charge in [0.15, 0.2) is 0 Å². The van der Waals surface area contributed by atoms with Crippen molar-refractivity contribution in [2.75, 3.05) is 16.8 Å². The lowest BCUT2D eigenvalue weighted by Crippen LogP contribution is -1.99. The van der Waals surface area contributed by atoms with E-state index in [2.05, 4.69) is 25.2 Å². The van der Waals surface area contributed by atoms with E-state index in [1.165, 1.54) is 11.1 Å². The van der Waals surface area contributed by atoms with Crippen LogP contribution in [0.5, 0.6) is 0 Å². The molecule has 0 unspecified atom stereocenters. The third kappa shape index (κ3) is 2.33. The molecule has 0 bridgehead atoms. The first-order chi connectivity index (χ1) is 8.08. The van der Waals surface area contributed by atoms with E-state index < -0.39 is 0 Å². The first-order valence-electron chi connectivity index (χ1n) is 5.56. The van der Waals surface area contributed by atoms with E-state index >= 15 is 0 Å². The lowest BCUT2D eigenvalue weighted by atomic mass is 10.1. The van der Waals surface area contributed by atoms with Crippen LogP contribution in [-0.2, 0) is 0 Å². The highest BCUT2D eigenvalue weighted by Gasteiger charge is 2.03. The number of hydrogen-bond acceptors (Lipinski definition) is 3. The molecule has 17 heavy (non-hydrogen) atoms. The molecule has 2 rings (SSSR count). The van der Waals surface area contributed by atoms with Crippen molar-refractivity contribution in [1.82, 2.24) is 0 Å². The molecule has 0 fully saturated rings. The summed E-state index contributed by atoms with van der Waals surface area (Å²) < 4.78 is 0. The number of benzene rings is 2. The quantitative estimate of drug-likeness (QED) is 0.690. The molecule has 0 aliphatic heterocycles. The zero-order valence-electron chi connectivity index (χ0n) is 10.1. The van der Waals surface area contributed by atoms with Gasteiger partial charge >= 0.3 is 0 Å². The maximum Gasteiger partial charge on any atom is 0.0619 e. The molecule has 0 atom stereocenters. The molecule has 0 spiro atoms. The largest absolute Gasteiger partial charge is 0.399 e. The van der Waals surface area contributed by atoms with Gasteiger partial charge in [0, 0.05) is 11.4 Å². The predicted molar refractivity (Wildman–Crippen MR) is 74.5 cm³/mol. The van der Waals surface area contributed by atoms with Crippen LogP contribution >= 0.6 is 0 Å². The van der Waals surface area contributed by atoms with E-state index in [0.717, 1.165) is 11.4 Å². The van der Waals surface area contributed by atoms with Crippen molar-refractivity contribution in [3.8, 4) is 0 Å².